The number of nitrogens with two attached hydrogens (primary N) is 1. The maximum atomic E-state index is 12.0. The van der Waals surface area contributed by atoms with Crippen LogP contribution in [-0.2, 0) is 0 Å². The molecule has 1 aromatic heterocycles. The van der Waals surface area contributed by atoms with Gasteiger partial charge in [-0.2, -0.15) is 5.10 Å². The minimum absolute atomic E-state index is 0.0336. The first-order valence-electron chi connectivity index (χ1n) is 7.01. The molecular weight excluding hydrogens is 310 g/mol. The van der Waals surface area contributed by atoms with E-state index in [-0.39, 0.29) is 22.7 Å². The number of amidine groups is 1. The van der Waals surface area contributed by atoms with Gasteiger partial charge in [0.15, 0.2) is 5.84 Å². The van der Waals surface area contributed by atoms with E-state index < -0.39 is 11.5 Å². The molecule has 2 aromatic carbocycles. The second-order valence-electron chi connectivity index (χ2n) is 4.94. The fourth-order valence-electron chi connectivity index (χ4n) is 2.14. The number of amides is 1. The SMILES string of the molecule is N/C(=N\NC(=O)c1ccccc1O)c1cc2ccccc2oc1=O. The summed E-state index contributed by atoms with van der Waals surface area (Å²) in [5, 5.41) is 14.0. The fraction of sp³-hybridized carbons (Fsp3) is 0. The van der Waals surface area contributed by atoms with Crippen LogP contribution in [0.2, 0.25) is 0 Å². The number of hydrazone groups is 1. The number of hydrogen-bond donors (Lipinski definition) is 3. The Morgan fingerprint density at radius 1 is 1.08 bits per heavy atom. The number of nitrogens with one attached hydrogen (secondary N) is 1. The van der Waals surface area contributed by atoms with E-state index in [1.54, 1.807) is 36.4 Å². The predicted molar refractivity (Wildman–Crippen MR) is 88.8 cm³/mol. The van der Waals surface area contributed by atoms with Gasteiger partial charge in [0.1, 0.15) is 16.9 Å². The molecule has 7 heteroatoms. The first-order chi connectivity index (χ1) is 11.6. The van der Waals surface area contributed by atoms with Crippen LogP contribution in [0, 0.1) is 0 Å². The lowest BCUT2D eigenvalue weighted by Crippen LogP contribution is -2.27. The van der Waals surface area contributed by atoms with Gasteiger partial charge in [-0.25, -0.2) is 10.2 Å². The van der Waals surface area contributed by atoms with E-state index >= 15 is 0 Å². The second-order valence-corrected chi connectivity index (χ2v) is 4.94. The van der Waals surface area contributed by atoms with E-state index in [4.69, 9.17) is 10.2 Å². The molecule has 1 heterocycles. The van der Waals surface area contributed by atoms with Crippen molar-refractivity contribution >= 4 is 22.7 Å². The molecule has 0 aliphatic heterocycles. The van der Waals surface area contributed by atoms with Crippen molar-refractivity contribution < 1.29 is 14.3 Å². The number of fused-ring (bicyclic) bond motifs is 1. The van der Waals surface area contributed by atoms with Gasteiger partial charge in [-0.1, -0.05) is 30.3 Å². The lowest BCUT2D eigenvalue weighted by molar-refractivity contribution is 0.0952. The van der Waals surface area contributed by atoms with Crippen LogP contribution < -0.4 is 16.8 Å². The Labute approximate surface area is 136 Å². The Hall–Kier alpha value is -3.61. The van der Waals surface area contributed by atoms with E-state index in [2.05, 4.69) is 10.5 Å². The molecule has 0 unspecified atom stereocenters. The van der Waals surface area contributed by atoms with Crippen LogP contribution in [0.4, 0.5) is 0 Å². The molecule has 0 bridgehead atoms. The molecule has 24 heavy (non-hydrogen) atoms. The Bertz CT molecular complexity index is 1010. The minimum atomic E-state index is -0.660. The van der Waals surface area contributed by atoms with E-state index in [9.17, 15) is 14.7 Å². The normalized spacial score (nSPS) is 11.4. The van der Waals surface area contributed by atoms with Gasteiger partial charge in [0.25, 0.3) is 5.91 Å². The lowest BCUT2D eigenvalue weighted by Gasteiger charge is -2.04. The lowest BCUT2D eigenvalue weighted by atomic mass is 10.2. The average Bonchev–Trinajstić information content (AvgIpc) is 2.59. The number of phenolic OH excluding ortho intramolecular Hbond substituents is 1. The highest BCUT2D eigenvalue weighted by Gasteiger charge is 2.12. The highest BCUT2D eigenvalue weighted by Crippen LogP contribution is 2.15. The molecule has 0 radical (unpaired) electrons. The third-order valence-corrected chi connectivity index (χ3v) is 3.34. The topological polar surface area (TPSA) is 118 Å². The molecule has 0 aliphatic carbocycles. The maximum Gasteiger partial charge on any atom is 0.347 e. The van der Waals surface area contributed by atoms with E-state index in [0.29, 0.717) is 11.0 Å². The summed E-state index contributed by atoms with van der Waals surface area (Å²) in [5.41, 5.74) is 7.80. The van der Waals surface area contributed by atoms with Gasteiger partial charge in [0, 0.05) is 5.39 Å². The number of phenols is 1. The van der Waals surface area contributed by atoms with Gasteiger partial charge in [0.2, 0.25) is 0 Å². The van der Waals surface area contributed by atoms with Crippen LogP contribution in [0.1, 0.15) is 15.9 Å². The smallest absolute Gasteiger partial charge is 0.347 e. The summed E-state index contributed by atoms with van der Waals surface area (Å²) in [5.74, 6) is -1.03. The summed E-state index contributed by atoms with van der Waals surface area (Å²) in [7, 11) is 0. The summed E-state index contributed by atoms with van der Waals surface area (Å²) in [6.07, 6.45) is 0. The second kappa shape index (κ2) is 6.25. The van der Waals surface area contributed by atoms with E-state index in [0.717, 1.165) is 0 Å². The molecular formula is C17H13N3O4. The zero-order chi connectivity index (χ0) is 17.1. The highest BCUT2D eigenvalue weighted by molar-refractivity contribution is 6.01. The Morgan fingerprint density at radius 3 is 2.58 bits per heavy atom. The maximum absolute atomic E-state index is 12.0. The van der Waals surface area contributed by atoms with Gasteiger partial charge < -0.3 is 15.3 Å². The molecule has 0 atom stereocenters. The van der Waals surface area contributed by atoms with Crippen molar-refractivity contribution in [2.75, 3.05) is 0 Å². The van der Waals surface area contributed by atoms with Crippen molar-refractivity contribution in [1.29, 1.82) is 0 Å². The third kappa shape index (κ3) is 2.95. The summed E-state index contributed by atoms with van der Waals surface area (Å²) in [6, 6.07) is 14.5. The summed E-state index contributed by atoms with van der Waals surface area (Å²) < 4.78 is 5.16. The Morgan fingerprint density at radius 2 is 1.79 bits per heavy atom. The molecule has 0 saturated heterocycles. The van der Waals surface area contributed by atoms with Gasteiger partial charge in [-0.3, -0.25) is 4.79 Å². The summed E-state index contributed by atoms with van der Waals surface area (Å²) >= 11 is 0. The molecule has 3 rings (SSSR count). The summed E-state index contributed by atoms with van der Waals surface area (Å²) in [6.45, 7) is 0. The van der Waals surface area contributed by atoms with Crippen LogP contribution in [-0.4, -0.2) is 16.8 Å². The van der Waals surface area contributed by atoms with Crippen molar-refractivity contribution in [3.63, 3.8) is 0 Å². The molecule has 4 N–H and O–H groups in total. The van der Waals surface area contributed by atoms with Gasteiger partial charge in [0.05, 0.1) is 5.56 Å². The number of carbonyl (C=O) groups is 1. The van der Waals surface area contributed by atoms with Crippen molar-refractivity contribution in [3.05, 3.63) is 76.1 Å². The van der Waals surface area contributed by atoms with Gasteiger partial charge >= 0.3 is 5.63 Å². The van der Waals surface area contributed by atoms with Crippen LogP contribution in [0.25, 0.3) is 11.0 Å². The Kier molecular flexibility index (Phi) is 3.98. The van der Waals surface area contributed by atoms with Crippen molar-refractivity contribution in [3.8, 4) is 5.75 Å². The van der Waals surface area contributed by atoms with Gasteiger partial charge in [-0.05, 0) is 24.3 Å². The number of carbonyl (C=O) groups excluding carboxylic acids is 1. The Balaban J connectivity index is 1.89. The van der Waals surface area contributed by atoms with Crippen molar-refractivity contribution in [1.82, 2.24) is 5.43 Å². The van der Waals surface area contributed by atoms with Crippen LogP contribution in [0.15, 0.2) is 68.9 Å². The van der Waals surface area contributed by atoms with Crippen molar-refractivity contribution in [2.45, 2.75) is 0 Å². The third-order valence-electron chi connectivity index (χ3n) is 3.34. The standard InChI is InChI=1S/C17H13N3O4/c18-15(19-20-16(22)11-6-2-3-7-13(11)21)12-9-10-5-1-4-8-14(10)24-17(12)23/h1-9,21H,(H2,18,19)(H,20,22). The number of para-hydroxylation sites is 2. The van der Waals surface area contributed by atoms with Crippen LogP contribution >= 0.6 is 0 Å². The van der Waals surface area contributed by atoms with Crippen LogP contribution in [0.3, 0.4) is 0 Å². The molecule has 3 aromatic rings. The fourth-order valence-corrected chi connectivity index (χ4v) is 2.14. The first kappa shape index (κ1) is 15.3. The number of nitrogens with zero attached hydrogens (tertiary/aromatic N) is 1. The van der Waals surface area contributed by atoms with Crippen LogP contribution in [0.5, 0.6) is 5.75 Å². The minimum Gasteiger partial charge on any atom is -0.507 e. The zero-order valence-corrected chi connectivity index (χ0v) is 12.4. The highest BCUT2D eigenvalue weighted by atomic mass is 16.4. The molecule has 1 amide bonds. The van der Waals surface area contributed by atoms with Crippen molar-refractivity contribution in [2.24, 2.45) is 10.8 Å². The largest absolute Gasteiger partial charge is 0.507 e. The number of hydrogen-bond acceptors (Lipinski definition) is 5. The molecule has 120 valence electrons. The molecule has 0 saturated carbocycles. The quantitative estimate of drug-likeness (QED) is 0.292. The average molecular weight is 323 g/mol. The number of benzene rings is 2. The molecule has 7 nitrogen and oxygen atoms in total. The molecule has 0 aliphatic rings. The van der Waals surface area contributed by atoms with E-state index in [1.165, 1.54) is 18.2 Å². The number of rotatable bonds is 3. The first-order valence-corrected chi connectivity index (χ1v) is 7.01. The van der Waals surface area contributed by atoms with Gasteiger partial charge in [-0.15, -0.1) is 0 Å². The molecule has 0 spiro atoms. The van der Waals surface area contributed by atoms with E-state index in [1.807, 2.05) is 0 Å². The zero-order valence-electron chi connectivity index (χ0n) is 12.4. The predicted octanol–water partition coefficient (Wildman–Crippen LogP) is 1.55. The summed E-state index contributed by atoms with van der Waals surface area (Å²) in [4.78, 5) is 23.9. The monoisotopic (exact) mass is 323 g/mol. The molecule has 0 fully saturated rings. The number of aromatic hydroxyl groups is 1.